The number of likely N-dealkylation sites (N-methyl/N-ethyl adjacent to an activating group) is 1. The number of benzene rings is 1. The molecule has 2 nitrogen and oxygen atoms in total. The zero-order chi connectivity index (χ0) is 14.2. The lowest BCUT2D eigenvalue weighted by Gasteiger charge is -2.48. The van der Waals surface area contributed by atoms with Gasteiger partial charge >= 0.3 is 0 Å². The molecule has 2 unspecified atom stereocenters. The fraction of sp³-hybridized carbons (Fsp3) is 0.647. The molecule has 0 aliphatic heterocycles. The molecule has 0 radical (unpaired) electrons. The van der Waals surface area contributed by atoms with E-state index < -0.39 is 0 Å². The van der Waals surface area contributed by atoms with Gasteiger partial charge in [-0.1, -0.05) is 12.8 Å². The van der Waals surface area contributed by atoms with Crippen LogP contribution in [0, 0.1) is 17.7 Å². The summed E-state index contributed by atoms with van der Waals surface area (Å²) in [6, 6.07) is 6.81. The van der Waals surface area contributed by atoms with Crippen LogP contribution in [-0.2, 0) is 0 Å². The first kappa shape index (κ1) is 13.9. The summed E-state index contributed by atoms with van der Waals surface area (Å²) < 4.78 is 13.1. The van der Waals surface area contributed by atoms with Crippen molar-refractivity contribution in [2.45, 2.75) is 44.1 Å². The molecule has 1 aromatic carbocycles. The van der Waals surface area contributed by atoms with Gasteiger partial charge < -0.3 is 10.6 Å². The van der Waals surface area contributed by atoms with E-state index in [1.54, 1.807) is 0 Å². The number of hydrogen-bond acceptors (Lipinski definition) is 2. The molecule has 2 aliphatic carbocycles. The maximum Gasteiger partial charge on any atom is 0.123 e. The molecule has 2 atom stereocenters. The normalized spacial score (nSPS) is 30.2. The largest absolute Gasteiger partial charge is 0.368 e. The van der Waals surface area contributed by atoms with Crippen molar-refractivity contribution >= 4 is 5.69 Å². The van der Waals surface area contributed by atoms with Crippen molar-refractivity contribution in [3.05, 3.63) is 30.1 Å². The van der Waals surface area contributed by atoms with E-state index in [9.17, 15) is 4.39 Å². The van der Waals surface area contributed by atoms with Crippen molar-refractivity contribution in [1.82, 2.24) is 0 Å². The van der Waals surface area contributed by atoms with Gasteiger partial charge in [-0.3, -0.25) is 0 Å². The summed E-state index contributed by atoms with van der Waals surface area (Å²) in [5.41, 5.74) is 7.31. The van der Waals surface area contributed by atoms with Gasteiger partial charge in [0.2, 0.25) is 0 Å². The first-order valence-electron chi connectivity index (χ1n) is 7.84. The minimum Gasteiger partial charge on any atom is -0.368 e. The van der Waals surface area contributed by atoms with Gasteiger partial charge in [-0.15, -0.1) is 0 Å². The van der Waals surface area contributed by atoms with Gasteiger partial charge in [0.15, 0.2) is 0 Å². The molecule has 2 saturated carbocycles. The van der Waals surface area contributed by atoms with E-state index in [0.29, 0.717) is 6.54 Å². The topological polar surface area (TPSA) is 29.3 Å². The number of hydrogen-bond donors (Lipinski definition) is 1. The molecule has 2 N–H and O–H groups in total. The monoisotopic (exact) mass is 276 g/mol. The predicted molar refractivity (Wildman–Crippen MR) is 81.3 cm³/mol. The van der Waals surface area contributed by atoms with Gasteiger partial charge in [-0.05, 0) is 61.8 Å². The molecular formula is C17H25FN2. The van der Waals surface area contributed by atoms with E-state index in [0.717, 1.165) is 23.9 Å². The van der Waals surface area contributed by atoms with E-state index in [-0.39, 0.29) is 11.4 Å². The molecule has 0 spiro atoms. The third kappa shape index (κ3) is 2.56. The van der Waals surface area contributed by atoms with Gasteiger partial charge in [0, 0.05) is 19.3 Å². The second-order valence-corrected chi connectivity index (χ2v) is 6.66. The van der Waals surface area contributed by atoms with Crippen LogP contribution in [-0.4, -0.2) is 19.1 Å². The van der Waals surface area contributed by atoms with E-state index in [1.165, 1.54) is 44.2 Å². The number of anilines is 1. The molecule has 2 aliphatic rings. The van der Waals surface area contributed by atoms with Crippen LogP contribution in [0.4, 0.5) is 10.1 Å². The average molecular weight is 276 g/mol. The lowest BCUT2D eigenvalue weighted by Crippen LogP contribution is -2.55. The van der Waals surface area contributed by atoms with Crippen molar-refractivity contribution in [3.63, 3.8) is 0 Å². The summed E-state index contributed by atoms with van der Waals surface area (Å²) in [4.78, 5) is 2.31. The summed E-state index contributed by atoms with van der Waals surface area (Å²) in [6.45, 7) is 0.685. The molecule has 3 heteroatoms. The van der Waals surface area contributed by atoms with Crippen molar-refractivity contribution in [2.75, 3.05) is 18.5 Å². The Balaban J connectivity index is 1.81. The van der Waals surface area contributed by atoms with E-state index >= 15 is 0 Å². The Morgan fingerprint density at radius 3 is 2.50 bits per heavy atom. The minimum absolute atomic E-state index is 0.0589. The third-order valence-corrected chi connectivity index (χ3v) is 5.45. The van der Waals surface area contributed by atoms with Gasteiger partial charge in [0.05, 0.1) is 5.54 Å². The van der Waals surface area contributed by atoms with Crippen molar-refractivity contribution in [3.8, 4) is 0 Å². The number of nitrogens with zero attached hydrogens (tertiary/aromatic N) is 1. The maximum absolute atomic E-state index is 13.1. The molecule has 0 bridgehead atoms. The summed E-state index contributed by atoms with van der Waals surface area (Å²) >= 11 is 0. The molecule has 0 amide bonds. The van der Waals surface area contributed by atoms with Crippen LogP contribution in [0.15, 0.2) is 24.3 Å². The van der Waals surface area contributed by atoms with E-state index in [1.807, 2.05) is 12.1 Å². The number of rotatable bonds is 4. The lowest BCUT2D eigenvalue weighted by atomic mass is 9.72. The van der Waals surface area contributed by atoms with Crippen LogP contribution in [0.2, 0.25) is 0 Å². The van der Waals surface area contributed by atoms with Gasteiger partial charge in [-0.2, -0.15) is 0 Å². The highest BCUT2D eigenvalue weighted by molar-refractivity contribution is 5.48. The summed E-state index contributed by atoms with van der Waals surface area (Å²) in [7, 11) is 2.12. The molecule has 3 rings (SSSR count). The first-order chi connectivity index (χ1) is 9.64. The van der Waals surface area contributed by atoms with Gasteiger partial charge in [-0.25, -0.2) is 4.39 Å². The fourth-order valence-corrected chi connectivity index (χ4v) is 3.92. The fourth-order valence-electron chi connectivity index (χ4n) is 3.92. The first-order valence-corrected chi connectivity index (χ1v) is 7.84. The zero-order valence-corrected chi connectivity index (χ0v) is 12.3. The molecule has 1 aromatic rings. The Labute approximate surface area is 121 Å². The SMILES string of the molecule is CN(c1ccc(F)cc1)C1(CN)CCCC(C2CC2)C1. The zero-order valence-electron chi connectivity index (χ0n) is 12.3. The van der Waals surface area contributed by atoms with Crippen LogP contribution in [0.5, 0.6) is 0 Å². The number of nitrogens with two attached hydrogens (primary N) is 1. The third-order valence-electron chi connectivity index (χ3n) is 5.45. The minimum atomic E-state index is -0.177. The summed E-state index contributed by atoms with van der Waals surface area (Å²) in [6.07, 6.45) is 7.80. The summed E-state index contributed by atoms with van der Waals surface area (Å²) in [5, 5.41) is 0. The molecule has 0 saturated heterocycles. The van der Waals surface area contributed by atoms with E-state index in [2.05, 4.69) is 11.9 Å². The molecule has 0 aromatic heterocycles. The smallest absolute Gasteiger partial charge is 0.123 e. The summed E-state index contributed by atoms with van der Waals surface area (Å²) in [5.74, 6) is 1.61. The molecule has 2 fully saturated rings. The quantitative estimate of drug-likeness (QED) is 0.911. The van der Waals surface area contributed by atoms with Crippen molar-refractivity contribution in [1.29, 1.82) is 0 Å². The lowest BCUT2D eigenvalue weighted by molar-refractivity contribution is 0.204. The van der Waals surface area contributed by atoms with Crippen LogP contribution in [0.1, 0.15) is 38.5 Å². The highest BCUT2D eigenvalue weighted by Crippen LogP contribution is 2.48. The average Bonchev–Trinajstić information content (AvgIpc) is 3.32. The highest BCUT2D eigenvalue weighted by atomic mass is 19.1. The number of halogens is 1. The Hall–Kier alpha value is -1.09. The predicted octanol–water partition coefficient (Wildman–Crippen LogP) is 3.56. The Kier molecular flexibility index (Phi) is 3.72. The molecular weight excluding hydrogens is 251 g/mol. The second-order valence-electron chi connectivity index (χ2n) is 6.66. The van der Waals surface area contributed by atoms with Crippen LogP contribution < -0.4 is 10.6 Å². The van der Waals surface area contributed by atoms with E-state index in [4.69, 9.17) is 5.73 Å². The van der Waals surface area contributed by atoms with Crippen molar-refractivity contribution in [2.24, 2.45) is 17.6 Å². The highest BCUT2D eigenvalue weighted by Gasteiger charge is 2.43. The van der Waals surface area contributed by atoms with Crippen LogP contribution >= 0.6 is 0 Å². The van der Waals surface area contributed by atoms with Crippen LogP contribution in [0.3, 0.4) is 0 Å². The Morgan fingerprint density at radius 1 is 1.20 bits per heavy atom. The van der Waals surface area contributed by atoms with Gasteiger partial charge in [0.1, 0.15) is 5.82 Å². The Bertz CT molecular complexity index is 455. The standard InChI is InChI=1S/C17H25FN2/c1-20(16-8-6-15(18)7-9-16)17(12-19)10-2-3-14(11-17)13-4-5-13/h6-9,13-14H,2-5,10-12,19H2,1H3. The molecule has 20 heavy (non-hydrogen) atoms. The molecule has 110 valence electrons. The molecule has 0 heterocycles. The van der Waals surface area contributed by atoms with Gasteiger partial charge in [0.25, 0.3) is 0 Å². The van der Waals surface area contributed by atoms with Crippen LogP contribution in [0.25, 0.3) is 0 Å². The second kappa shape index (κ2) is 5.36. The Morgan fingerprint density at radius 2 is 1.90 bits per heavy atom. The maximum atomic E-state index is 13.1. The van der Waals surface area contributed by atoms with Crippen molar-refractivity contribution < 1.29 is 4.39 Å².